The average Bonchev–Trinajstić information content (AvgIpc) is 2.47. The highest BCUT2D eigenvalue weighted by atomic mass is 16.5. The lowest BCUT2D eigenvalue weighted by atomic mass is 9.98. The minimum absolute atomic E-state index is 0.759. The predicted octanol–water partition coefficient (Wildman–Crippen LogP) is 2.48. The molecule has 1 aliphatic rings. The third kappa shape index (κ3) is 4.35. The third-order valence-electron chi connectivity index (χ3n) is 4.25. The number of hydrogen-bond donors (Lipinski definition) is 0. The minimum Gasteiger partial charge on any atom is -0.496 e. The van der Waals surface area contributed by atoms with Gasteiger partial charge in [-0.25, -0.2) is 0 Å². The summed E-state index contributed by atoms with van der Waals surface area (Å²) < 4.78 is 11.0. The van der Waals surface area contributed by atoms with E-state index in [1.807, 2.05) is 18.2 Å². The fraction of sp³-hybridized carbons (Fsp3) is 0.647. The van der Waals surface area contributed by atoms with Gasteiger partial charge in [-0.15, -0.1) is 0 Å². The maximum Gasteiger partial charge on any atom is 0.127 e. The van der Waals surface area contributed by atoms with Crippen molar-refractivity contribution in [3.05, 3.63) is 23.8 Å². The molecule has 0 spiro atoms. The molecule has 1 fully saturated rings. The van der Waals surface area contributed by atoms with E-state index < -0.39 is 0 Å². The molecule has 0 amide bonds. The van der Waals surface area contributed by atoms with Crippen LogP contribution in [0, 0.1) is 5.92 Å². The van der Waals surface area contributed by atoms with E-state index in [-0.39, 0.29) is 0 Å². The normalized spacial score (nSPS) is 19.8. The third-order valence-corrected chi connectivity index (χ3v) is 4.25. The summed E-state index contributed by atoms with van der Waals surface area (Å²) in [6, 6.07) is 5.97. The number of likely N-dealkylation sites (tertiary alicyclic amines) is 1. The van der Waals surface area contributed by atoms with Gasteiger partial charge in [0.15, 0.2) is 0 Å². The van der Waals surface area contributed by atoms with Crippen LogP contribution in [0.1, 0.15) is 18.4 Å². The van der Waals surface area contributed by atoms with Crippen molar-refractivity contribution in [1.82, 2.24) is 9.80 Å². The zero-order chi connectivity index (χ0) is 15.2. The molecule has 0 aliphatic carbocycles. The fourth-order valence-corrected chi connectivity index (χ4v) is 3.28. The van der Waals surface area contributed by atoms with Gasteiger partial charge in [0.2, 0.25) is 0 Å². The summed E-state index contributed by atoms with van der Waals surface area (Å²) in [7, 11) is 7.83. The Balaban J connectivity index is 2.00. The van der Waals surface area contributed by atoms with E-state index in [1.54, 1.807) is 14.2 Å². The molecule has 118 valence electrons. The molecule has 2 rings (SSSR count). The van der Waals surface area contributed by atoms with E-state index in [0.717, 1.165) is 36.1 Å². The van der Waals surface area contributed by atoms with Crippen molar-refractivity contribution in [1.29, 1.82) is 0 Å². The van der Waals surface area contributed by atoms with Gasteiger partial charge in [0.05, 0.1) is 19.8 Å². The summed E-state index contributed by atoms with van der Waals surface area (Å²) in [5.74, 6) is 2.57. The number of nitrogens with zero attached hydrogens (tertiary/aromatic N) is 2. The predicted molar refractivity (Wildman–Crippen MR) is 86.1 cm³/mol. The topological polar surface area (TPSA) is 24.9 Å². The molecule has 0 N–H and O–H groups in total. The number of rotatable bonds is 6. The van der Waals surface area contributed by atoms with Gasteiger partial charge < -0.3 is 19.3 Å². The first-order chi connectivity index (χ1) is 10.1. The zero-order valence-corrected chi connectivity index (χ0v) is 13.8. The maximum atomic E-state index is 5.48. The summed E-state index contributed by atoms with van der Waals surface area (Å²) >= 11 is 0. The van der Waals surface area contributed by atoms with Crippen LogP contribution in [0.4, 0.5) is 0 Å². The molecule has 0 radical (unpaired) electrons. The van der Waals surface area contributed by atoms with Crippen LogP contribution in [-0.2, 0) is 6.54 Å². The van der Waals surface area contributed by atoms with Gasteiger partial charge in [0.25, 0.3) is 0 Å². The van der Waals surface area contributed by atoms with Crippen molar-refractivity contribution < 1.29 is 9.47 Å². The Bertz CT molecular complexity index is 428. The second-order valence-corrected chi connectivity index (χ2v) is 6.11. The van der Waals surface area contributed by atoms with E-state index in [4.69, 9.17) is 9.47 Å². The molecule has 1 aromatic rings. The van der Waals surface area contributed by atoms with E-state index in [1.165, 1.54) is 25.9 Å². The smallest absolute Gasteiger partial charge is 0.127 e. The molecule has 0 aromatic heterocycles. The summed E-state index contributed by atoms with van der Waals surface area (Å²) in [5.41, 5.74) is 1.13. The van der Waals surface area contributed by atoms with Crippen LogP contribution < -0.4 is 9.47 Å². The quantitative estimate of drug-likeness (QED) is 0.804. The van der Waals surface area contributed by atoms with Gasteiger partial charge in [-0.05, 0) is 51.5 Å². The van der Waals surface area contributed by atoms with E-state index in [9.17, 15) is 0 Å². The van der Waals surface area contributed by atoms with Crippen molar-refractivity contribution in [3.8, 4) is 11.5 Å². The standard InChI is InChI=1S/C17H28N2O2/c1-18-10-6-7-14(11-18)12-19(2)13-15-16(20-3)8-5-9-17(15)21-4/h5,8-9,14H,6-7,10-13H2,1-4H3. The molecule has 1 atom stereocenters. The van der Waals surface area contributed by atoms with Crippen LogP contribution in [0.3, 0.4) is 0 Å². The van der Waals surface area contributed by atoms with Crippen LogP contribution in [0.25, 0.3) is 0 Å². The monoisotopic (exact) mass is 292 g/mol. The number of methoxy groups -OCH3 is 2. The van der Waals surface area contributed by atoms with Gasteiger partial charge in [-0.3, -0.25) is 0 Å². The number of ether oxygens (including phenoxy) is 2. The van der Waals surface area contributed by atoms with Gasteiger partial charge >= 0.3 is 0 Å². The van der Waals surface area contributed by atoms with Crippen molar-refractivity contribution in [2.24, 2.45) is 5.92 Å². The molecule has 0 saturated carbocycles. The maximum absolute atomic E-state index is 5.48. The first kappa shape index (κ1) is 16.1. The van der Waals surface area contributed by atoms with Gasteiger partial charge in [0.1, 0.15) is 11.5 Å². The zero-order valence-electron chi connectivity index (χ0n) is 13.8. The molecule has 1 aromatic carbocycles. The highest BCUT2D eigenvalue weighted by molar-refractivity contribution is 5.44. The lowest BCUT2D eigenvalue weighted by Gasteiger charge is -2.32. The Hall–Kier alpha value is -1.26. The summed E-state index contributed by atoms with van der Waals surface area (Å²) in [4.78, 5) is 4.82. The number of hydrogen-bond acceptors (Lipinski definition) is 4. The second kappa shape index (κ2) is 7.66. The Kier molecular flexibility index (Phi) is 5.88. The Morgan fingerprint density at radius 3 is 2.48 bits per heavy atom. The van der Waals surface area contributed by atoms with Crippen LogP contribution in [0.15, 0.2) is 18.2 Å². The lowest BCUT2D eigenvalue weighted by Crippen LogP contribution is -2.37. The SMILES string of the molecule is COc1cccc(OC)c1CN(C)CC1CCCN(C)C1. The van der Waals surface area contributed by atoms with Crippen LogP contribution in [-0.4, -0.2) is 57.7 Å². The molecule has 1 saturated heterocycles. The van der Waals surface area contributed by atoms with Crippen molar-refractivity contribution >= 4 is 0 Å². The van der Waals surface area contributed by atoms with Crippen molar-refractivity contribution in [2.75, 3.05) is 47.9 Å². The summed E-state index contributed by atoms with van der Waals surface area (Å²) in [6.45, 7) is 4.41. The average molecular weight is 292 g/mol. The molecule has 0 bridgehead atoms. The highest BCUT2D eigenvalue weighted by Crippen LogP contribution is 2.29. The molecular weight excluding hydrogens is 264 g/mol. The van der Waals surface area contributed by atoms with Crippen molar-refractivity contribution in [3.63, 3.8) is 0 Å². The lowest BCUT2D eigenvalue weighted by molar-refractivity contribution is 0.162. The van der Waals surface area contributed by atoms with E-state index >= 15 is 0 Å². The Labute approximate surface area is 128 Å². The van der Waals surface area contributed by atoms with Gasteiger partial charge in [0, 0.05) is 19.6 Å². The molecule has 21 heavy (non-hydrogen) atoms. The van der Waals surface area contributed by atoms with E-state index in [2.05, 4.69) is 23.9 Å². The Morgan fingerprint density at radius 1 is 1.24 bits per heavy atom. The number of benzene rings is 1. The fourth-order valence-electron chi connectivity index (χ4n) is 3.28. The Morgan fingerprint density at radius 2 is 1.90 bits per heavy atom. The molecule has 1 aliphatic heterocycles. The molecule has 4 nitrogen and oxygen atoms in total. The van der Waals surface area contributed by atoms with Crippen LogP contribution in [0.2, 0.25) is 0 Å². The van der Waals surface area contributed by atoms with Gasteiger partial charge in [-0.2, -0.15) is 0 Å². The second-order valence-electron chi connectivity index (χ2n) is 6.11. The molecular formula is C17H28N2O2. The summed E-state index contributed by atoms with van der Waals surface area (Å²) in [5, 5.41) is 0. The molecule has 1 unspecified atom stereocenters. The van der Waals surface area contributed by atoms with Crippen molar-refractivity contribution in [2.45, 2.75) is 19.4 Å². The van der Waals surface area contributed by atoms with Crippen LogP contribution in [0.5, 0.6) is 11.5 Å². The van der Waals surface area contributed by atoms with Crippen LogP contribution >= 0.6 is 0 Å². The molecule has 1 heterocycles. The van der Waals surface area contributed by atoms with Gasteiger partial charge in [-0.1, -0.05) is 6.07 Å². The molecule has 4 heteroatoms. The largest absolute Gasteiger partial charge is 0.496 e. The minimum atomic E-state index is 0.759. The number of piperidine rings is 1. The first-order valence-corrected chi connectivity index (χ1v) is 7.71. The summed E-state index contributed by atoms with van der Waals surface area (Å²) in [6.07, 6.45) is 2.64. The highest BCUT2D eigenvalue weighted by Gasteiger charge is 2.20. The first-order valence-electron chi connectivity index (χ1n) is 7.71. The van der Waals surface area contributed by atoms with E-state index in [0.29, 0.717) is 0 Å².